The molecule has 0 aromatic heterocycles. The maximum Gasteiger partial charge on any atom is 0.407 e. The first-order valence-corrected chi connectivity index (χ1v) is 9.81. The summed E-state index contributed by atoms with van der Waals surface area (Å²) in [5.41, 5.74) is 3.12. The summed E-state index contributed by atoms with van der Waals surface area (Å²) in [5, 5.41) is 14.0. The van der Waals surface area contributed by atoms with E-state index in [1.165, 1.54) is 0 Å². The van der Waals surface area contributed by atoms with Gasteiger partial charge in [0.15, 0.2) is 0 Å². The fraction of sp³-hybridized carbons (Fsp3) is 0.458. The molecule has 2 N–H and O–H groups in total. The first-order chi connectivity index (χ1) is 12.9. The number of ether oxygens (including phenoxy) is 1. The normalized spacial score (nSPS) is 13.1. The molecule has 1 atom stereocenters. The molecule has 152 valence electrons. The monoisotopic (exact) mass is 383 g/mol. The predicted molar refractivity (Wildman–Crippen MR) is 114 cm³/mol. The molecule has 1 amide bonds. The zero-order chi connectivity index (χ0) is 21.1. The SMILES string of the molecule is CCOC(=O)NC(c1ccccc1)c1cc(C(C)(C)C)c(O)c(C(C)(C)C)c1. The third-order valence-corrected chi connectivity index (χ3v) is 4.75. The van der Waals surface area contributed by atoms with E-state index in [2.05, 4.69) is 46.9 Å². The lowest BCUT2D eigenvalue weighted by molar-refractivity contribution is 0.149. The van der Waals surface area contributed by atoms with Crippen LogP contribution in [0, 0.1) is 0 Å². The molecular weight excluding hydrogens is 350 g/mol. The molecule has 0 radical (unpaired) electrons. The van der Waals surface area contributed by atoms with Crippen molar-refractivity contribution in [3.05, 3.63) is 64.7 Å². The molecule has 2 aromatic rings. The van der Waals surface area contributed by atoms with E-state index in [0.717, 1.165) is 22.3 Å². The van der Waals surface area contributed by atoms with Crippen molar-refractivity contribution in [2.45, 2.75) is 65.3 Å². The quantitative estimate of drug-likeness (QED) is 0.699. The van der Waals surface area contributed by atoms with Gasteiger partial charge in [-0.05, 0) is 52.1 Å². The largest absolute Gasteiger partial charge is 0.507 e. The zero-order valence-corrected chi connectivity index (χ0v) is 18.1. The van der Waals surface area contributed by atoms with Crippen molar-refractivity contribution in [2.24, 2.45) is 0 Å². The number of hydrogen-bond acceptors (Lipinski definition) is 3. The highest BCUT2D eigenvalue weighted by Gasteiger charge is 2.29. The molecular formula is C24H33NO3. The molecule has 28 heavy (non-hydrogen) atoms. The Morgan fingerprint density at radius 1 is 0.964 bits per heavy atom. The van der Waals surface area contributed by atoms with E-state index in [-0.39, 0.29) is 16.9 Å². The Hall–Kier alpha value is -2.49. The molecule has 0 aliphatic carbocycles. The number of rotatable bonds is 4. The van der Waals surface area contributed by atoms with Crippen LogP contribution in [0.25, 0.3) is 0 Å². The van der Waals surface area contributed by atoms with Crippen molar-refractivity contribution in [1.29, 1.82) is 0 Å². The molecule has 0 fully saturated rings. The van der Waals surface area contributed by atoms with Crippen molar-refractivity contribution in [1.82, 2.24) is 5.32 Å². The molecule has 2 rings (SSSR count). The Morgan fingerprint density at radius 2 is 1.46 bits per heavy atom. The number of carbonyl (C=O) groups excluding carboxylic acids is 1. The van der Waals surface area contributed by atoms with Crippen molar-refractivity contribution in [3.63, 3.8) is 0 Å². The number of amides is 1. The van der Waals surface area contributed by atoms with Crippen LogP contribution >= 0.6 is 0 Å². The Bertz CT molecular complexity index is 779. The van der Waals surface area contributed by atoms with Gasteiger partial charge in [0, 0.05) is 0 Å². The molecule has 2 aromatic carbocycles. The number of benzene rings is 2. The Kier molecular flexibility index (Phi) is 6.43. The van der Waals surface area contributed by atoms with Crippen molar-refractivity contribution < 1.29 is 14.6 Å². The Labute approximate surface area is 168 Å². The summed E-state index contributed by atoms with van der Waals surface area (Å²) in [7, 11) is 0. The van der Waals surface area contributed by atoms with Crippen molar-refractivity contribution >= 4 is 6.09 Å². The van der Waals surface area contributed by atoms with Gasteiger partial charge in [-0.15, -0.1) is 0 Å². The third-order valence-electron chi connectivity index (χ3n) is 4.75. The van der Waals surface area contributed by atoms with E-state index in [4.69, 9.17) is 4.74 Å². The number of nitrogens with one attached hydrogen (secondary N) is 1. The zero-order valence-electron chi connectivity index (χ0n) is 18.1. The van der Waals surface area contributed by atoms with Gasteiger partial charge in [0.1, 0.15) is 5.75 Å². The van der Waals surface area contributed by atoms with E-state index in [0.29, 0.717) is 12.4 Å². The minimum absolute atomic E-state index is 0.245. The predicted octanol–water partition coefficient (Wildman–Crippen LogP) is 5.82. The average molecular weight is 384 g/mol. The smallest absolute Gasteiger partial charge is 0.407 e. The maximum absolute atomic E-state index is 12.2. The van der Waals surface area contributed by atoms with E-state index < -0.39 is 6.09 Å². The second-order valence-corrected chi connectivity index (χ2v) is 9.17. The Morgan fingerprint density at radius 3 is 1.89 bits per heavy atom. The summed E-state index contributed by atoms with van der Waals surface area (Å²) in [6.07, 6.45) is -0.459. The van der Waals surface area contributed by atoms with Gasteiger partial charge in [-0.1, -0.05) is 71.9 Å². The van der Waals surface area contributed by atoms with Gasteiger partial charge in [-0.3, -0.25) is 0 Å². The van der Waals surface area contributed by atoms with Gasteiger partial charge in [0.05, 0.1) is 12.6 Å². The van der Waals surface area contributed by atoms with E-state index in [1.807, 2.05) is 42.5 Å². The molecule has 4 nitrogen and oxygen atoms in total. The van der Waals surface area contributed by atoms with Crippen LogP contribution in [0.15, 0.2) is 42.5 Å². The Balaban J connectivity index is 2.69. The average Bonchev–Trinajstić information content (AvgIpc) is 2.59. The molecule has 0 saturated heterocycles. The summed E-state index contributed by atoms with van der Waals surface area (Å²) in [4.78, 5) is 12.2. The molecule has 0 aliphatic rings. The highest BCUT2D eigenvalue weighted by molar-refractivity contribution is 5.69. The van der Waals surface area contributed by atoms with Crippen LogP contribution in [0.3, 0.4) is 0 Å². The van der Waals surface area contributed by atoms with Gasteiger partial charge in [0.25, 0.3) is 0 Å². The van der Waals surface area contributed by atoms with Gasteiger partial charge >= 0.3 is 6.09 Å². The summed E-state index contributed by atoms with van der Waals surface area (Å²) < 4.78 is 5.13. The topological polar surface area (TPSA) is 58.6 Å². The number of aromatic hydroxyl groups is 1. The molecule has 0 spiro atoms. The number of phenols is 1. The fourth-order valence-electron chi connectivity index (χ4n) is 3.26. The standard InChI is InChI=1S/C24H33NO3/c1-8-28-22(27)25-20(16-12-10-9-11-13-16)17-14-18(23(2,3)4)21(26)19(15-17)24(5,6)7/h9-15,20,26H,8H2,1-7H3,(H,25,27). The van der Waals surface area contributed by atoms with Gasteiger partial charge in [-0.2, -0.15) is 0 Å². The highest BCUT2D eigenvalue weighted by Crippen LogP contribution is 2.41. The van der Waals surface area contributed by atoms with Crippen LogP contribution in [0.5, 0.6) is 5.75 Å². The fourth-order valence-corrected chi connectivity index (χ4v) is 3.26. The van der Waals surface area contributed by atoms with Crippen LogP contribution in [0.1, 0.15) is 76.8 Å². The highest BCUT2D eigenvalue weighted by atomic mass is 16.5. The summed E-state index contributed by atoms with van der Waals surface area (Å²) >= 11 is 0. The second-order valence-electron chi connectivity index (χ2n) is 9.17. The summed E-state index contributed by atoms with van der Waals surface area (Å²) in [6, 6.07) is 13.4. The maximum atomic E-state index is 12.2. The lowest BCUT2D eigenvalue weighted by Gasteiger charge is -2.30. The number of alkyl carbamates (subject to hydrolysis) is 1. The second kappa shape index (κ2) is 8.26. The van der Waals surface area contributed by atoms with Crippen LogP contribution < -0.4 is 5.32 Å². The summed E-state index contributed by atoms with van der Waals surface area (Å²) in [5.74, 6) is 0.326. The van der Waals surface area contributed by atoms with Crippen LogP contribution in [0.2, 0.25) is 0 Å². The van der Waals surface area contributed by atoms with E-state index in [1.54, 1.807) is 6.92 Å². The lowest BCUT2D eigenvalue weighted by Crippen LogP contribution is -2.30. The molecule has 4 heteroatoms. The number of hydrogen-bond donors (Lipinski definition) is 2. The molecule has 0 heterocycles. The number of carbonyl (C=O) groups is 1. The van der Waals surface area contributed by atoms with Crippen molar-refractivity contribution in [3.8, 4) is 5.75 Å². The van der Waals surface area contributed by atoms with Crippen molar-refractivity contribution in [2.75, 3.05) is 6.61 Å². The third kappa shape index (κ3) is 5.06. The number of phenolic OH excluding ortho intramolecular Hbond substituents is 1. The van der Waals surface area contributed by atoms with Gasteiger partial charge in [-0.25, -0.2) is 4.79 Å². The lowest BCUT2D eigenvalue weighted by atomic mass is 9.77. The van der Waals surface area contributed by atoms with Crippen LogP contribution in [-0.2, 0) is 15.6 Å². The van der Waals surface area contributed by atoms with E-state index in [9.17, 15) is 9.90 Å². The van der Waals surface area contributed by atoms with E-state index >= 15 is 0 Å². The molecule has 0 aliphatic heterocycles. The minimum Gasteiger partial charge on any atom is -0.507 e. The minimum atomic E-state index is -0.459. The van der Waals surface area contributed by atoms with Crippen LogP contribution in [-0.4, -0.2) is 17.8 Å². The van der Waals surface area contributed by atoms with Gasteiger partial charge in [0.2, 0.25) is 0 Å². The first kappa shape index (κ1) is 21.8. The molecule has 0 saturated carbocycles. The molecule has 0 bridgehead atoms. The summed E-state index contributed by atoms with van der Waals surface area (Å²) in [6.45, 7) is 14.6. The van der Waals surface area contributed by atoms with Gasteiger partial charge < -0.3 is 15.2 Å². The molecule has 1 unspecified atom stereocenters. The van der Waals surface area contributed by atoms with Crippen LogP contribution in [0.4, 0.5) is 4.79 Å². The first-order valence-electron chi connectivity index (χ1n) is 9.81.